The summed E-state index contributed by atoms with van der Waals surface area (Å²) in [5.74, 6) is -0.185. The number of phenols is 1. The van der Waals surface area contributed by atoms with Crippen molar-refractivity contribution in [1.29, 1.82) is 0 Å². The van der Waals surface area contributed by atoms with Crippen molar-refractivity contribution in [3.8, 4) is 5.75 Å². The third-order valence-corrected chi connectivity index (χ3v) is 3.90. The van der Waals surface area contributed by atoms with E-state index in [0.29, 0.717) is 5.69 Å². The molecule has 8 nitrogen and oxygen atoms in total. The highest BCUT2D eigenvalue weighted by atomic mass is 79.9. The normalized spacial score (nSPS) is 10.6. The first-order valence-electron chi connectivity index (χ1n) is 6.70. The topological polar surface area (TPSA) is 117 Å². The summed E-state index contributed by atoms with van der Waals surface area (Å²) in [5, 5.41) is 26.6. The quantitative estimate of drug-likeness (QED) is 0.419. The van der Waals surface area contributed by atoms with Crippen LogP contribution >= 0.6 is 15.9 Å². The Bertz CT molecular complexity index is 823. The van der Waals surface area contributed by atoms with Gasteiger partial charge in [-0.3, -0.25) is 10.1 Å². The summed E-state index contributed by atoms with van der Waals surface area (Å²) < 4.78 is 0.924. The van der Waals surface area contributed by atoms with Gasteiger partial charge in [0.1, 0.15) is 5.75 Å². The molecule has 0 aliphatic carbocycles. The Morgan fingerprint density at radius 3 is 2.75 bits per heavy atom. The van der Waals surface area contributed by atoms with E-state index in [0.717, 1.165) is 22.3 Å². The fourth-order valence-electron chi connectivity index (χ4n) is 1.80. The minimum Gasteiger partial charge on any atom is -0.507 e. The number of nitrogens with zero attached hydrogens (tertiary/aromatic N) is 2. The van der Waals surface area contributed by atoms with Crippen LogP contribution in [0.5, 0.6) is 5.75 Å². The van der Waals surface area contributed by atoms with Gasteiger partial charge in [0.15, 0.2) is 0 Å². The van der Waals surface area contributed by atoms with Crippen LogP contribution in [-0.4, -0.2) is 22.3 Å². The van der Waals surface area contributed by atoms with E-state index in [-0.39, 0.29) is 17.0 Å². The standard InChI is InChI=1S/C15H13BrN4O4/c1-9-6-11(2-4-13(9)16)18-15(22)19-17-8-10-7-12(20(23)24)3-5-14(10)21/h2-8,21H,1H3,(H2,18,19,22)/b17-8+. The molecule has 2 rings (SSSR count). The van der Waals surface area contributed by atoms with Gasteiger partial charge in [0.05, 0.1) is 11.1 Å². The van der Waals surface area contributed by atoms with Gasteiger partial charge >= 0.3 is 6.03 Å². The monoisotopic (exact) mass is 392 g/mol. The first-order valence-corrected chi connectivity index (χ1v) is 7.50. The van der Waals surface area contributed by atoms with E-state index in [1.165, 1.54) is 12.1 Å². The third kappa shape index (κ3) is 4.53. The van der Waals surface area contributed by atoms with E-state index in [9.17, 15) is 20.0 Å². The van der Waals surface area contributed by atoms with Crippen molar-refractivity contribution >= 4 is 39.6 Å². The second-order valence-corrected chi connectivity index (χ2v) is 5.64. The first kappa shape index (κ1) is 17.4. The zero-order valence-electron chi connectivity index (χ0n) is 12.5. The van der Waals surface area contributed by atoms with Crippen molar-refractivity contribution in [3.05, 3.63) is 62.1 Å². The Morgan fingerprint density at radius 1 is 1.33 bits per heavy atom. The number of aryl methyl sites for hydroxylation is 1. The fraction of sp³-hybridized carbons (Fsp3) is 0.0667. The molecule has 0 aliphatic rings. The van der Waals surface area contributed by atoms with Gasteiger partial charge in [-0.25, -0.2) is 10.2 Å². The van der Waals surface area contributed by atoms with Crippen LogP contribution in [0.4, 0.5) is 16.2 Å². The Hall–Kier alpha value is -2.94. The first-order chi connectivity index (χ1) is 11.4. The number of nitro groups is 1. The number of phenolic OH excluding ortho intramolecular Hbond substituents is 1. The molecule has 2 amide bonds. The van der Waals surface area contributed by atoms with E-state index < -0.39 is 11.0 Å². The highest BCUT2D eigenvalue weighted by Gasteiger charge is 2.09. The van der Waals surface area contributed by atoms with Crippen LogP contribution in [0.3, 0.4) is 0 Å². The number of halogens is 1. The van der Waals surface area contributed by atoms with E-state index >= 15 is 0 Å². The largest absolute Gasteiger partial charge is 0.507 e. The third-order valence-electron chi connectivity index (χ3n) is 3.01. The number of hydrogen-bond acceptors (Lipinski definition) is 5. The molecule has 0 spiro atoms. The molecule has 0 fully saturated rings. The fourth-order valence-corrected chi connectivity index (χ4v) is 2.05. The van der Waals surface area contributed by atoms with Crippen LogP contribution < -0.4 is 10.7 Å². The molecule has 0 heterocycles. The van der Waals surface area contributed by atoms with Crippen molar-refractivity contribution in [2.45, 2.75) is 6.92 Å². The number of hydrogen-bond donors (Lipinski definition) is 3. The van der Waals surface area contributed by atoms with Gasteiger partial charge in [0.2, 0.25) is 0 Å². The molecule has 3 N–H and O–H groups in total. The summed E-state index contributed by atoms with van der Waals surface area (Å²) in [6.45, 7) is 1.89. The van der Waals surface area contributed by atoms with Crippen molar-refractivity contribution in [2.75, 3.05) is 5.32 Å². The molecule has 0 bridgehead atoms. The van der Waals surface area contributed by atoms with Gasteiger partial charge < -0.3 is 10.4 Å². The molecule has 2 aromatic carbocycles. The predicted molar refractivity (Wildman–Crippen MR) is 93.4 cm³/mol. The minimum atomic E-state index is -0.590. The van der Waals surface area contributed by atoms with Crippen LogP contribution in [0.15, 0.2) is 46.0 Å². The molecular formula is C15H13BrN4O4. The molecule has 0 atom stereocenters. The maximum absolute atomic E-state index is 11.7. The lowest BCUT2D eigenvalue weighted by molar-refractivity contribution is -0.384. The highest BCUT2D eigenvalue weighted by Crippen LogP contribution is 2.21. The Kier molecular flexibility index (Phi) is 5.48. The summed E-state index contributed by atoms with van der Waals surface area (Å²) in [5.41, 5.74) is 3.68. The molecule has 0 saturated carbocycles. The van der Waals surface area contributed by atoms with Crippen molar-refractivity contribution in [2.24, 2.45) is 5.10 Å². The van der Waals surface area contributed by atoms with Crippen LogP contribution in [0.2, 0.25) is 0 Å². The molecular weight excluding hydrogens is 380 g/mol. The SMILES string of the molecule is Cc1cc(NC(=O)N/N=C/c2cc([N+](=O)[O-])ccc2O)ccc1Br. The van der Waals surface area contributed by atoms with Gasteiger partial charge in [-0.15, -0.1) is 0 Å². The summed E-state index contributed by atoms with van der Waals surface area (Å²) in [6, 6.07) is 8.21. The van der Waals surface area contributed by atoms with Gasteiger partial charge in [-0.05, 0) is 36.8 Å². The van der Waals surface area contributed by atoms with E-state index in [2.05, 4.69) is 31.8 Å². The van der Waals surface area contributed by atoms with Crippen LogP contribution in [0.1, 0.15) is 11.1 Å². The number of carbonyl (C=O) groups excluding carboxylic acids is 1. The Morgan fingerprint density at radius 2 is 2.08 bits per heavy atom. The van der Waals surface area contributed by atoms with Crippen molar-refractivity contribution in [1.82, 2.24) is 5.43 Å². The number of hydrazone groups is 1. The van der Waals surface area contributed by atoms with E-state index in [4.69, 9.17) is 0 Å². The Balaban J connectivity index is 2.00. The lowest BCUT2D eigenvalue weighted by Crippen LogP contribution is -2.24. The van der Waals surface area contributed by atoms with Crippen molar-refractivity contribution < 1.29 is 14.8 Å². The molecule has 0 aromatic heterocycles. The maximum atomic E-state index is 11.7. The predicted octanol–water partition coefficient (Wildman–Crippen LogP) is 3.53. The number of urea groups is 1. The number of carbonyl (C=O) groups is 1. The Labute approximate surface area is 145 Å². The molecule has 0 saturated heterocycles. The lowest BCUT2D eigenvalue weighted by atomic mass is 10.2. The molecule has 2 aromatic rings. The molecule has 0 radical (unpaired) electrons. The number of aromatic hydroxyl groups is 1. The van der Waals surface area contributed by atoms with Gasteiger partial charge in [-0.1, -0.05) is 15.9 Å². The maximum Gasteiger partial charge on any atom is 0.339 e. The molecule has 0 unspecified atom stereocenters. The number of amides is 2. The number of anilines is 1. The average Bonchev–Trinajstić information content (AvgIpc) is 2.52. The smallest absolute Gasteiger partial charge is 0.339 e. The van der Waals surface area contributed by atoms with Crippen LogP contribution in [0, 0.1) is 17.0 Å². The van der Waals surface area contributed by atoms with Gasteiger partial charge in [0.25, 0.3) is 5.69 Å². The number of nitrogens with one attached hydrogen (secondary N) is 2. The summed E-state index contributed by atoms with van der Waals surface area (Å²) in [4.78, 5) is 21.8. The number of nitro benzene ring substituents is 1. The van der Waals surface area contributed by atoms with E-state index in [1.54, 1.807) is 18.2 Å². The second kappa shape index (κ2) is 7.55. The van der Waals surface area contributed by atoms with Crippen molar-refractivity contribution in [3.63, 3.8) is 0 Å². The zero-order valence-corrected chi connectivity index (χ0v) is 14.1. The number of benzene rings is 2. The highest BCUT2D eigenvalue weighted by molar-refractivity contribution is 9.10. The van der Waals surface area contributed by atoms with E-state index in [1.807, 2.05) is 6.92 Å². The van der Waals surface area contributed by atoms with Crippen LogP contribution in [-0.2, 0) is 0 Å². The molecule has 0 aliphatic heterocycles. The van der Waals surface area contributed by atoms with Crippen LogP contribution in [0.25, 0.3) is 0 Å². The number of non-ortho nitro benzene ring substituents is 1. The molecule has 9 heteroatoms. The molecule has 24 heavy (non-hydrogen) atoms. The van der Waals surface area contributed by atoms with Gasteiger partial charge in [0, 0.05) is 27.9 Å². The summed E-state index contributed by atoms with van der Waals surface area (Å²) >= 11 is 3.36. The zero-order chi connectivity index (χ0) is 17.7. The van der Waals surface area contributed by atoms with Gasteiger partial charge in [-0.2, -0.15) is 5.10 Å². The lowest BCUT2D eigenvalue weighted by Gasteiger charge is -2.06. The second-order valence-electron chi connectivity index (χ2n) is 4.79. The number of rotatable bonds is 4. The summed E-state index contributed by atoms with van der Waals surface area (Å²) in [6.07, 6.45) is 1.12. The molecule has 124 valence electrons. The summed E-state index contributed by atoms with van der Waals surface area (Å²) in [7, 11) is 0. The average molecular weight is 393 g/mol. The minimum absolute atomic E-state index is 0.115.